The molecule has 1 amide bonds. The standard InChI is InChI=1S/C15H24N2O2/c1-11(2)9-17-15(18)10-16-13-5-7-14(8-6-13)19-12(3)4/h5-8,11-12,16H,9-10H2,1-4H3,(H,17,18). The van der Waals surface area contributed by atoms with Gasteiger partial charge >= 0.3 is 0 Å². The number of hydrogen-bond acceptors (Lipinski definition) is 3. The van der Waals surface area contributed by atoms with E-state index in [0.29, 0.717) is 12.5 Å². The smallest absolute Gasteiger partial charge is 0.239 e. The first kappa shape index (κ1) is 15.3. The van der Waals surface area contributed by atoms with Crippen molar-refractivity contribution in [2.24, 2.45) is 5.92 Å². The van der Waals surface area contributed by atoms with E-state index in [2.05, 4.69) is 24.5 Å². The van der Waals surface area contributed by atoms with Crippen LogP contribution in [0.4, 0.5) is 5.69 Å². The van der Waals surface area contributed by atoms with Gasteiger partial charge in [0.05, 0.1) is 12.6 Å². The van der Waals surface area contributed by atoms with Gasteiger partial charge in [0.1, 0.15) is 5.75 Å². The average molecular weight is 264 g/mol. The number of rotatable bonds is 7. The minimum Gasteiger partial charge on any atom is -0.491 e. The molecule has 0 aliphatic heterocycles. The van der Waals surface area contributed by atoms with Crippen molar-refractivity contribution in [3.63, 3.8) is 0 Å². The minimum atomic E-state index is 0.0104. The zero-order valence-electron chi connectivity index (χ0n) is 12.2. The van der Waals surface area contributed by atoms with Crippen LogP contribution < -0.4 is 15.4 Å². The highest BCUT2D eigenvalue weighted by Gasteiger charge is 2.02. The van der Waals surface area contributed by atoms with Crippen LogP contribution in [-0.2, 0) is 4.79 Å². The Balaban J connectivity index is 2.35. The van der Waals surface area contributed by atoms with Crippen molar-refractivity contribution in [1.82, 2.24) is 5.32 Å². The van der Waals surface area contributed by atoms with Crippen LogP contribution in [0.15, 0.2) is 24.3 Å². The summed E-state index contributed by atoms with van der Waals surface area (Å²) < 4.78 is 5.55. The number of ether oxygens (including phenoxy) is 1. The van der Waals surface area contributed by atoms with Gasteiger partial charge in [-0.3, -0.25) is 4.79 Å². The molecule has 4 heteroatoms. The molecule has 0 unspecified atom stereocenters. The summed E-state index contributed by atoms with van der Waals surface area (Å²) in [6, 6.07) is 7.61. The van der Waals surface area contributed by atoms with Crippen LogP contribution in [0.5, 0.6) is 5.75 Å². The molecule has 0 atom stereocenters. The third-order valence-corrected chi connectivity index (χ3v) is 2.39. The molecule has 0 heterocycles. The quantitative estimate of drug-likeness (QED) is 0.796. The molecule has 1 aromatic rings. The highest BCUT2D eigenvalue weighted by Crippen LogP contribution is 2.16. The number of hydrogen-bond donors (Lipinski definition) is 2. The highest BCUT2D eigenvalue weighted by atomic mass is 16.5. The van der Waals surface area contributed by atoms with Crippen LogP contribution in [0.25, 0.3) is 0 Å². The first-order valence-electron chi connectivity index (χ1n) is 6.74. The SMILES string of the molecule is CC(C)CNC(=O)CNc1ccc(OC(C)C)cc1. The van der Waals surface area contributed by atoms with Crippen LogP contribution in [0.3, 0.4) is 0 Å². The third-order valence-electron chi connectivity index (χ3n) is 2.39. The number of nitrogens with one attached hydrogen (secondary N) is 2. The number of carbonyl (C=O) groups is 1. The van der Waals surface area contributed by atoms with Gasteiger partial charge < -0.3 is 15.4 Å². The van der Waals surface area contributed by atoms with Crippen molar-refractivity contribution in [2.75, 3.05) is 18.4 Å². The van der Waals surface area contributed by atoms with Crippen molar-refractivity contribution >= 4 is 11.6 Å². The van der Waals surface area contributed by atoms with E-state index in [9.17, 15) is 4.79 Å². The average Bonchev–Trinajstić information content (AvgIpc) is 2.35. The lowest BCUT2D eigenvalue weighted by Crippen LogP contribution is -2.32. The second kappa shape index (κ2) is 7.67. The lowest BCUT2D eigenvalue weighted by molar-refractivity contribution is -0.119. The molecule has 1 aromatic carbocycles. The van der Waals surface area contributed by atoms with Gasteiger partial charge in [0.2, 0.25) is 5.91 Å². The van der Waals surface area contributed by atoms with Crippen molar-refractivity contribution in [3.8, 4) is 5.75 Å². The second-order valence-corrected chi connectivity index (χ2v) is 5.24. The molecule has 4 nitrogen and oxygen atoms in total. The largest absolute Gasteiger partial charge is 0.491 e. The van der Waals surface area contributed by atoms with E-state index in [1.807, 2.05) is 38.1 Å². The molecule has 19 heavy (non-hydrogen) atoms. The molecular weight excluding hydrogens is 240 g/mol. The van der Waals surface area contributed by atoms with Gasteiger partial charge in [0, 0.05) is 12.2 Å². The molecule has 0 fully saturated rings. The molecule has 0 saturated heterocycles. The Labute approximate surface area is 115 Å². The van der Waals surface area contributed by atoms with Gasteiger partial charge in [-0.05, 0) is 44.0 Å². The van der Waals surface area contributed by atoms with Crippen molar-refractivity contribution in [1.29, 1.82) is 0 Å². The normalized spacial score (nSPS) is 10.6. The number of amides is 1. The van der Waals surface area contributed by atoms with Gasteiger partial charge in [-0.25, -0.2) is 0 Å². The fourth-order valence-electron chi connectivity index (χ4n) is 1.49. The lowest BCUT2D eigenvalue weighted by Gasteiger charge is -2.11. The van der Waals surface area contributed by atoms with Crippen LogP contribution >= 0.6 is 0 Å². The summed E-state index contributed by atoms with van der Waals surface area (Å²) >= 11 is 0. The zero-order chi connectivity index (χ0) is 14.3. The highest BCUT2D eigenvalue weighted by molar-refractivity contribution is 5.80. The van der Waals surface area contributed by atoms with E-state index in [-0.39, 0.29) is 18.6 Å². The van der Waals surface area contributed by atoms with E-state index < -0.39 is 0 Å². The summed E-state index contributed by atoms with van der Waals surface area (Å²) in [6.07, 6.45) is 0.167. The first-order chi connectivity index (χ1) is 8.97. The Hall–Kier alpha value is -1.71. The molecule has 0 bridgehead atoms. The van der Waals surface area contributed by atoms with Crippen molar-refractivity contribution in [2.45, 2.75) is 33.8 Å². The Morgan fingerprint density at radius 1 is 1.16 bits per heavy atom. The van der Waals surface area contributed by atoms with E-state index in [1.54, 1.807) is 0 Å². The Bertz CT molecular complexity index is 386. The summed E-state index contributed by atoms with van der Waals surface area (Å²) in [4.78, 5) is 11.5. The van der Waals surface area contributed by atoms with Gasteiger partial charge in [-0.1, -0.05) is 13.8 Å². The molecule has 2 N–H and O–H groups in total. The molecule has 0 spiro atoms. The Morgan fingerprint density at radius 2 is 1.79 bits per heavy atom. The van der Waals surface area contributed by atoms with Crippen molar-refractivity contribution in [3.05, 3.63) is 24.3 Å². The number of anilines is 1. The predicted octanol–water partition coefficient (Wildman–Crippen LogP) is 2.66. The molecule has 0 aliphatic rings. The fraction of sp³-hybridized carbons (Fsp3) is 0.533. The number of benzene rings is 1. The predicted molar refractivity (Wildman–Crippen MR) is 78.5 cm³/mol. The topological polar surface area (TPSA) is 50.4 Å². The molecular formula is C15H24N2O2. The summed E-state index contributed by atoms with van der Waals surface area (Å²) in [5, 5.41) is 5.94. The fourth-order valence-corrected chi connectivity index (χ4v) is 1.49. The van der Waals surface area contributed by atoms with E-state index in [1.165, 1.54) is 0 Å². The van der Waals surface area contributed by atoms with Crippen LogP contribution in [0, 0.1) is 5.92 Å². The van der Waals surface area contributed by atoms with Gasteiger partial charge in [0.15, 0.2) is 0 Å². The molecule has 0 saturated carbocycles. The van der Waals surface area contributed by atoms with Gasteiger partial charge in [-0.2, -0.15) is 0 Å². The molecule has 0 aromatic heterocycles. The van der Waals surface area contributed by atoms with Gasteiger partial charge in [0.25, 0.3) is 0 Å². The second-order valence-electron chi connectivity index (χ2n) is 5.24. The van der Waals surface area contributed by atoms with E-state index in [4.69, 9.17) is 4.74 Å². The molecule has 0 radical (unpaired) electrons. The Morgan fingerprint density at radius 3 is 2.32 bits per heavy atom. The number of carbonyl (C=O) groups excluding carboxylic acids is 1. The summed E-state index contributed by atoms with van der Waals surface area (Å²) in [5.74, 6) is 1.32. The maximum absolute atomic E-state index is 11.5. The minimum absolute atomic E-state index is 0.0104. The van der Waals surface area contributed by atoms with Crippen molar-refractivity contribution < 1.29 is 9.53 Å². The Kier molecular flexibility index (Phi) is 6.19. The maximum atomic E-state index is 11.5. The van der Waals surface area contributed by atoms with E-state index in [0.717, 1.165) is 11.4 Å². The van der Waals surface area contributed by atoms with Gasteiger partial charge in [-0.15, -0.1) is 0 Å². The first-order valence-corrected chi connectivity index (χ1v) is 6.74. The monoisotopic (exact) mass is 264 g/mol. The summed E-state index contributed by atoms with van der Waals surface area (Å²) in [5.41, 5.74) is 0.913. The third kappa shape index (κ3) is 6.70. The summed E-state index contributed by atoms with van der Waals surface area (Å²) in [7, 11) is 0. The molecule has 106 valence electrons. The van der Waals surface area contributed by atoms with Crippen LogP contribution in [0.1, 0.15) is 27.7 Å². The molecule has 1 rings (SSSR count). The van der Waals surface area contributed by atoms with Crippen LogP contribution in [-0.4, -0.2) is 25.1 Å². The molecule has 0 aliphatic carbocycles. The van der Waals surface area contributed by atoms with E-state index >= 15 is 0 Å². The lowest BCUT2D eigenvalue weighted by atomic mass is 10.2. The van der Waals surface area contributed by atoms with Crippen LogP contribution in [0.2, 0.25) is 0 Å². The maximum Gasteiger partial charge on any atom is 0.239 e. The zero-order valence-corrected chi connectivity index (χ0v) is 12.2. The summed E-state index contributed by atoms with van der Waals surface area (Å²) in [6.45, 7) is 9.12.